The summed E-state index contributed by atoms with van der Waals surface area (Å²) in [6.45, 7) is 3.27. The van der Waals surface area contributed by atoms with E-state index in [2.05, 4.69) is 11.8 Å². The molecule has 1 aliphatic rings. The molecule has 0 bridgehead atoms. The Morgan fingerprint density at radius 1 is 0.879 bits per heavy atom. The van der Waals surface area contributed by atoms with E-state index in [-0.39, 0.29) is 5.91 Å². The van der Waals surface area contributed by atoms with Crippen LogP contribution in [-0.4, -0.2) is 32.6 Å². The van der Waals surface area contributed by atoms with E-state index in [9.17, 15) is 9.59 Å². The van der Waals surface area contributed by atoms with Gasteiger partial charge in [-0.05, 0) is 54.4 Å². The number of fused-ring (bicyclic) bond motifs is 2. The number of unbranched alkanes of at least 4 members (excludes halogenated alkanes) is 1. The van der Waals surface area contributed by atoms with Crippen LogP contribution in [-0.2, 0) is 11.3 Å². The first kappa shape index (κ1) is 22.4. The Bertz CT molecular complexity index is 1160. The van der Waals surface area contributed by atoms with Crippen molar-refractivity contribution in [3.63, 3.8) is 0 Å². The van der Waals surface area contributed by atoms with Gasteiger partial charge in [0.2, 0.25) is 0 Å². The number of hydrogen-bond acceptors (Lipinski definition) is 5. The van der Waals surface area contributed by atoms with Crippen LogP contribution < -0.4 is 14.5 Å². The van der Waals surface area contributed by atoms with Gasteiger partial charge in [-0.1, -0.05) is 37.6 Å². The molecule has 0 N–H and O–H groups in total. The number of ether oxygens (including phenoxy) is 2. The van der Waals surface area contributed by atoms with E-state index < -0.39 is 5.97 Å². The highest BCUT2D eigenvalue weighted by Gasteiger charge is 2.31. The van der Waals surface area contributed by atoms with Crippen LogP contribution in [0.1, 0.15) is 46.0 Å². The number of benzene rings is 3. The molecule has 6 nitrogen and oxygen atoms in total. The van der Waals surface area contributed by atoms with Gasteiger partial charge in [0.25, 0.3) is 5.91 Å². The van der Waals surface area contributed by atoms with Gasteiger partial charge in [0.05, 0.1) is 49.0 Å². The van der Waals surface area contributed by atoms with E-state index in [4.69, 9.17) is 9.47 Å². The number of methoxy groups -OCH3 is 2. The predicted octanol–water partition coefficient (Wildman–Crippen LogP) is 5.58. The fraction of sp³-hybridized carbons (Fsp3) is 0.259. The maximum atomic E-state index is 13.9. The van der Waals surface area contributed by atoms with Crippen molar-refractivity contribution < 1.29 is 19.1 Å². The summed E-state index contributed by atoms with van der Waals surface area (Å²) in [5.41, 5.74) is 4.45. The summed E-state index contributed by atoms with van der Waals surface area (Å²) in [5, 5.41) is 0. The van der Waals surface area contributed by atoms with Crippen molar-refractivity contribution in [1.82, 2.24) is 0 Å². The fourth-order valence-electron chi connectivity index (χ4n) is 4.11. The molecule has 4 rings (SSSR count). The summed E-state index contributed by atoms with van der Waals surface area (Å²) in [5.74, 6) is 0.214. The van der Waals surface area contributed by atoms with Crippen molar-refractivity contribution in [3.05, 3.63) is 83.4 Å². The molecule has 1 aliphatic heterocycles. The molecule has 0 fully saturated rings. The van der Waals surface area contributed by atoms with Gasteiger partial charge in [-0.2, -0.15) is 0 Å². The van der Waals surface area contributed by atoms with E-state index in [1.807, 2.05) is 54.6 Å². The minimum Gasteiger partial charge on any atom is -0.497 e. The summed E-state index contributed by atoms with van der Waals surface area (Å²) in [6, 6.07) is 20.8. The number of nitrogens with zero attached hydrogens (tertiary/aromatic N) is 2. The third kappa shape index (κ3) is 4.42. The number of amides is 1. The molecule has 0 radical (unpaired) electrons. The van der Waals surface area contributed by atoms with E-state index in [1.165, 1.54) is 7.11 Å². The van der Waals surface area contributed by atoms with Gasteiger partial charge in [0, 0.05) is 6.54 Å². The van der Waals surface area contributed by atoms with E-state index in [0.29, 0.717) is 23.4 Å². The largest absolute Gasteiger partial charge is 0.497 e. The summed E-state index contributed by atoms with van der Waals surface area (Å²) in [7, 11) is 2.98. The third-order valence-electron chi connectivity index (χ3n) is 5.88. The van der Waals surface area contributed by atoms with E-state index >= 15 is 0 Å². The van der Waals surface area contributed by atoms with Crippen molar-refractivity contribution in [2.75, 3.05) is 30.6 Å². The SMILES string of the molecule is CCCCN1c2ccccc2C(=O)N(Cc2ccc(OC)cc2)c2cc(C(=O)OC)ccc21. The number of rotatable bonds is 7. The third-order valence-corrected chi connectivity index (χ3v) is 5.88. The molecule has 0 aliphatic carbocycles. The van der Waals surface area contributed by atoms with Crippen LogP contribution in [0, 0.1) is 0 Å². The minimum atomic E-state index is -0.434. The van der Waals surface area contributed by atoms with Crippen LogP contribution in [0.2, 0.25) is 0 Å². The second-order valence-corrected chi connectivity index (χ2v) is 7.96. The molecule has 1 heterocycles. The number of carbonyl (C=O) groups excluding carboxylic acids is 2. The van der Waals surface area contributed by atoms with Crippen LogP contribution >= 0.6 is 0 Å². The molecule has 0 spiro atoms. The Morgan fingerprint density at radius 2 is 1.64 bits per heavy atom. The molecule has 0 atom stereocenters. The Morgan fingerprint density at radius 3 is 2.33 bits per heavy atom. The van der Waals surface area contributed by atoms with Crippen LogP contribution in [0.15, 0.2) is 66.7 Å². The minimum absolute atomic E-state index is 0.108. The van der Waals surface area contributed by atoms with Gasteiger partial charge >= 0.3 is 5.97 Å². The van der Waals surface area contributed by atoms with Gasteiger partial charge in [-0.15, -0.1) is 0 Å². The number of esters is 1. The number of para-hydroxylation sites is 1. The van der Waals surface area contributed by atoms with Gasteiger partial charge in [0.1, 0.15) is 5.75 Å². The second kappa shape index (κ2) is 9.77. The highest BCUT2D eigenvalue weighted by atomic mass is 16.5. The first-order chi connectivity index (χ1) is 16.1. The Labute approximate surface area is 194 Å². The number of carbonyl (C=O) groups is 2. The lowest BCUT2D eigenvalue weighted by Gasteiger charge is -2.28. The van der Waals surface area contributed by atoms with Crippen molar-refractivity contribution in [1.29, 1.82) is 0 Å². The number of anilines is 3. The van der Waals surface area contributed by atoms with Gasteiger partial charge in [-0.25, -0.2) is 4.79 Å². The molecule has 0 saturated heterocycles. The van der Waals surface area contributed by atoms with Gasteiger partial charge in [0.15, 0.2) is 0 Å². The van der Waals surface area contributed by atoms with Crippen molar-refractivity contribution >= 4 is 28.9 Å². The summed E-state index contributed by atoms with van der Waals surface area (Å²) < 4.78 is 10.2. The van der Waals surface area contributed by atoms with Crippen LogP contribution in [0.5, 0.6) is 5.75 Å². The Hall–Kier alpha value is -3.80. The fourth-order valence-corrected chi connectivity index (χ4v) is 4.11. The Kier molecular flexibility index (Phi) is 6.63. The Balaban J connectivity index is 1.88. The molecule has 0 unspecified atom stereocenters. The monoisotopic (exact) mass is 444 g/mol. The average Bonchev–Trinajstić information content (AvgIpc) is 2.96. The predicted molar refractivity (Wildman–Crippen MR) is 130 cm³/mol. The maximum Gasteiger partial charge on any atom is 0.337 e. The van der Waals surface area contributed by atoms with Gasteiger partial charge in [-0.3, -0.25) is 4.79 Å². The van der Waals surface area contributed by atoms with E-state index in [1.54, 1.807) is 24.1 Å². The second-order valence-electron chi connectivity index (χ2n) is 7.96. The zero-order valence-corrected chi connectivity index (χ0v) is 19.2. The first-order valence-electron chi connectivity index (χ1n) is 11.1. The molecule has 3 aromatic rings. The summed E-state index contributed by atoms with van der Waals surface area (Å²) in [4.78, 5) is 30.1. The smallest absolute Gasteiger partial charge is 0.337 e. The average molecular weight is 445 g/mol. The van der Waals surface area contributed by atoms with Crippen LogP contribution in [0.25, 0.3) is 0 Å². The van der Waals surface area contributed by atoms with E-state index in [0.717, 1.165) is 42.1 Å². The summed E-state index contributed by atoms with van der Waals surface area (Å²) in [6.07, 6.45) is 2.00. The van der Waals surface area contributed by atoms with Crippen molar-refractivity contribution in [3.8, 4) is 5.75 Å². The standard InChI is InChI=1S/C27H28N2O4/c1-4-5-16-28-23-9-7-6-8-22(23)26(30)29(18-19-10-13-21(32-2)14-11-19)25-17-20(27(31)33-3)12-15-24(25)28/h6-15,17H,4-5,16,18H2,1-3H3. The first-order valence-corrected chi connectivity index (χ1v) is 11.1. The zero-order valence-electron chi connectivity index (χ0n) is 19.2. The quantitative estimate of drug-likeness (QED) is 0.445. The highest BCUT2D eigenvalue weighted by Crippen LogP contribution is 2.42. The normalized spacial score (nSPS) is 12.6. The molecule has 3 aromatic carbocycles. The van der Waals surface area contributed by atoms with Crippen LogP contribution in [0.3, 0.4) is 0 Å². The molecule has 6 heteroatoms. The van der Waals surface area contributed by atoms with Crippen LogP contribution in [0.4, 0.5) is 17.1 Å². The van der Waals surface area contributed by atoms with Crippen molar-refractivity contribution in [2.24, 2.45) is 0 Å². The molecule has 170 valence electrons. The molecule has 33 heavy (non-hydrogen) atoms. The lowest BCUT2D eigenvalue weighted by atomic mass is 10.1. The molecule has 0 aromatic heterocycles. The highest BCUT2D eigenvalue weighted by molar-refractivity contribution is 6.14. The zero-order chi connectivity index (χ0) is 23.4. The molecular formula is C27H28N2O4. The lowest BCUT2D eigenvalue weighted by molar-refractivity contribution is 0.0600. The number of hydrogen-bond donors (Lipinski definition) is 0. The molecule has 0 saturated carbocycles. The molecular weight excluding hydrogens is 416 g/mol. The maximum absolute atomic E-state index is 13.9. The lowest BCUT2D eigenvalue weighted by Crippen LogP contribution is -2.30. The van der Waals surface area contributed by atoms with Crippen molar-refractivity contribution in [2.45, 2.75) is 26.3 Å². The molecule has 1 amide bonds. The summed E-state index contributed by atoms with van der Waals surface area (Å²) >= 11 is 0. The topological polar surface area (TPSA) is 59.1 Å². The van der Waals surface area contributed by atoms with Gasteiger partial charge < -0.3 is 19.3 Å².